The van der Waals surface area contributed by atoms with Crippen molar-refractivity contribution in [3.8, 4) is 0 Å². The highest BCUT2D eigenvalue weighted by molar-refractivity contribution is 7.07. The summed E-state index contributed by atoms with van der Waals surface area (Å²) in [6.45, 7) is 0.0913. The summed E-state index contributed by atoms with van der Waals surface area (Å²) in [6.07, 6.45) is 1.41. The van der Waals surface area contributed by atoms with Gasteiger partial charge in [-0.2, -0.15) is 0 Å². The number of aromatic nitrogens is 1. The van der Waals surface area contributed by atoms with Crippen molar-refractivity contribution in [1.82, 2.24) is 4.98 Å². The van der Waals surface area contributed by atoms with E-state index in [4.69, 9.17) is 0 Å². The van der Waals surface area contributed by atoms with Crippen molar-refractivity contribution in [2.45, 2.75) is 12.8 Å². The third-order valence-corrected chi connectivity index (χ3v) is 3.29. The van der Waals surface area contributed by atoms with Crippen molar-refractivity contribution < 1.29 is 9.50 Å². The van der Waals surface area contributed by atoms with Crippen molar-refractivity contribution in [3.63, 3.8) is 0 Å². The van der Waals surface area contributed by atoms with Crippen LogP contribution in [0.25, 0.3) is 0 Å². The minimum Gasteiger partial charge on any atom is -0.396 e. The van der Waals surface area contributed by atoms with Gasteiger partial charge in [-0.3, -0.25) is 0 Å². The lowest BCUT2D eigenvalue weighted by Gasteiger charge is -2.12. The molecular weight excluding hydrogens is 237 g/mol. The molecule has 0 spiro atoms. The van der Waals surface area contributed by atoms with Crippen LogP contribution in [0.3, 0.4) is 0 Å². The fourth-order valence-electron chi connectivity index (χ4n) is 1.83. The molecule has 1 heterocycles. The zero-order valence-corrected chi connectivity index (χ0v) is 10.2. The van der Waals surface area contributed by atoms with Gasteiger partial charge in [-0.15, -0.1) is 11.3 Å². The molecule has 17 heavy (non-hydrogen) atoms. The number of hydrogen-bond acceptors (Lipinski definition) is 3. The van der Waals surface area contributed by atoms with Crippen LogP contribution in [0.1, 0.15) is 11.3 Å². The molecular formula is C13H14FNOS. The van der Waals surface area contributed by atoms with Gasteiger partial charge >= 0.3 is 0 Å². The predicted octanol–water partition coefficient (Wildman–Crippen LogP) is 2.68. The van der Waals surface area contributed by atoms with E-state index in [1.807, 2.05) is 11.4 Å². The molecule has 0 fully saturated rings. The maximum atomic E-state index is 13.0. The van der Waals surface area contributed by atoms with Gasteiger partial charge in [0.25, 0.3) is 0 Å². The van der Waals surface area contributed by atoms with Crippen molar-refractivity contribution >= 4 is 11.3 Å². The number of aliphatic hydroxyl groups excluding tert-OH is 1. The zero-order valence-electron chi connectivity index (χ0n) is 9.34. The second-order valence-corrected chi connectivity index (χ2v) is 4.79. The SMILES string of the molecule is OCC(Cc1cccc(F)c1)Cc1cscn1. The average molecular weight is 251 g/mol. The smallest absolute Gasteiger partial charge is 0.123 e. The number of rotatable bonds is 5. The Morgan fingerprint density at radius 1 is 1.35 bits per heavy atom. The second kappa shape index (κ2) is 5.89. The Labute approximate surface area is 104 Å². The molecule has 0 aliphatic rings. The Bertz CT molecular complexity index is 458. The summed E-state index contributed by atoms with van der Waals surface area (Å²) in [5.41, 5.74) is 3.69. The number of aliphatic hydroxyl groups is 1. The van der Waals surface area contributed by atoms with Crippen LogP contribution in [0, 0.1) is 11.7 Å². The van der Waals surface area contributed by atoms with E-state index >= 15 is 0 Å². The summed E-state index contributed by atoms with van der Waals surface area (Å²) >= 11 is 1.55. The molecule has 1 atom stereocenters. The molecule has 0 saturated heterocycles. The quantitative estimate of drug-likeness (QED) is 0.886. The molecule has 4 heteroatoms. The minimum atomic E-state index is -0.229. The molecule has 1 N–H and O–H groups in total. The number of nitrogens with zero attached hydrogens (tertiary/aromatic N) is 1. The van der Waals surface area contributed by atoms with E-state index in [0.717, 1.165) is 17.7 Å². The molecule has 2 aromatic rings. The maximum Gasteiger partial charge on any atom is 0.123 e. The first kappa shape index (κ1) is 12.2. The Balaban J connectivity index is 2.00. The fourth-order valence-corrected chi connectivity index (χ4v) is 2.40. The van der Waals surface area contributed by atoms with Crippen LogP contribution in [0.2, 0.25) is 0 Å². The molecule has 2 rings (SSSR count). The second-order valence-electron chi connectivity index (χ2n) is 4.07. The molecule has 0 aliphatic carbocycles. The number of thiazole rings is 1. The first-order valence-corrected chi connectivity index (χ1v) is 6.44. The highest BCUT2D eigenvalue weighted by atomic mass is 32.1. The highest BCUT2D eigenvalue weighted by Gasteiger charge is 2.11. The van der Waals surface area contributed by atoms with Crippen molar-refractivity contribution in [3.05, 3.63) is 52.2 Å². The molecule has 0 amide bonds. The summed E-state index contributed by atoms with van der Waals surface area (Å²) in [6, 6.07) is 6.52. The zero-order chi connectivity index (χ0) is 12.1. The van der Waals surface area contributed by atoms with Gasteiger partial charge in [-0.1, -0.05) is 12.1 Å². The van der Waals surface area contributed by atoms with Crippen LogP contribution in [0.4, 0.5) is 4.39 Å². The largest absolute Gasteiger partial charge is 0.396 e. The van der Waals surface area contributed by atoms with Crippen LogP contribution in [0.15, 0.2) is 35.2 Å². The van der Waals surface area contributed by atoms with Crippen LogP contribution < -0.4 is 0 Å². The highest BCUT2D eigenvalue weighted by Crippen LogP contribution is 2.15. The molecule has 0 aliphatic heterocycles. The average Bonchev–Trinajstić information content (AvgIpc) is 2.81. The van der Waals surface area contributed by atoms with Gasteiger partial charge < -0.3 is 5.11 Å². The van der Waals surface area contributed by atoms with Gasteiger partial charge in [0.2, 0.25) is 0 Å². The maximum absolute atomic E-state index is 13.0. The van der Waals surface area contributed by atoms with E-state index in [1.165, 1.54) is 12.1 Å². The number of hydrogen-bond donors (Lipinski definition) is 1. The van der Waals surface area contributed by atoms with Crippen molar-refractivity contribution in [1.29, 1.82) is 0 Å². The van der Waals surface area contributed by atoms with Gasteiger partial charge in [-0.25, -0.2) is 9.37 Å². The number of benzene rings is 1. The Morgan fingerprint density at radius 2 is 2.24 bits per heavy atom. The molecule has 2 nitrogen and oxygen atoms in total. The van der Waals surface area contributed by atoms with E-state index in [-0.39, 0.29) is 18.3 Å². The van der Waals surface area contributed by atoms with Gasteiger partial charge in [-0.05, 0) is 36.5 Å². The third kappa shape index (κ3) is 3.61. The third-order valence-electron chi connectivity index (χ3n) is 2.65. The molecule has 1 unspecified atom stereocenters. The lowest BCUT2D eigenvalue weighted by molar-refractivity contribution is 0.224. The summed E-state index contributed by atoms with van der Waals surface area (Å²) in [5.74, 6) is -0.133. The first-order chi connectivity index (χ1) is 8.28. The van der Waals surface area contributed by atoms with Crippen LogP contribution in [-0.2, 0) is 12.8 Å². The normalized spacial score (nSPS) is 12.6. The monoisotopic (exact) mass is 251 g/mol. The van der Waals surface area contributed by atoms with Crippen LogP contribution >= 0.6 is 11.3 Å². The van der Waals surface area contributed by atoms with E-state index in [0.29, 0.717) is 6.42 Å². The predicted molar refractivity (Wildman–Crippen MR) is 66.5 cm³/mol. The lowest BCUT2D eigenvalue weighted by Crippen LogP contribution is -2.13. The molecule has 1 aromatic heterocycles. The van der Waals surface area contributed by atoms with Gasteiger partial charge in [0.05, 0.1) is 11.2 Å². The summed E-state index contributed by atoms with van der Waals surface area (Å²) < 4.78 is 13.0. The molecule has 1 aromatic carbocycles. The topological polar surface area (TPSA) is 33.1 Å². The fraction of sp³-hybridized carbons (Fsp3) is 0.308. The van der Waals surface area contributed by atoms with E-state index in [2.05, 4.69) is 4.98 Å². The minimum absolute atomic E-state index is 0.0913. The standard InChI is InChI=1S/C13H14FNOS/c14-12-3-1-2-10(5-12)4-11(7-16)6-13-8-17-9-15-13/h1-3,5,8-9,11,16H,4,6-7H2. The molecule has 0 radical (unpaired) electrons. The van der Waals surface area contributed by atoms with Crippen LogP contribution in [0.5, 0.6) is 0 Å². The molecule has 90 valence electrons. The molecule has 0 bridgehead atoms. The Kier molecular flexibility index (Phi) is 4.23. The molecule has 0 saturated carbocycles. The first-order valence-electron chi connectivity index (χ1n) is 5.50. The number of halogens is 1. The van der Waals surface area contributed by atoms with Gasteiger partial charge in [0.15, 0.2) is 0 Å². The van der Waals surface area contributed by atoms with Crippen molar-refractivity contribution in [2.24, 2.45) is 5.92 Å². The lowest BCUT2D eigenvalue weighted by atomic mass is 9.96. The summed E-state index contributed by atoms with van der Waals surface area (Å²) in [5, 5.41) is 11.3. The summed E-state index contributed by atoms with van der Waals surface area (Å²) in [7, 11) is 0. The van der Waals surface area contributed by atoms with Gasteiger partial charge in [0.1, 0.15) is 5.82 Å². The van der Waals surface area contributed by atoms with E-state index in [1.54, 1.807) is 22.9 Å². The van der Waals surface area contributed by atoms with Crippen molar-refractivity contribution in [2.75, 3.05) is 6.61 Å². The van der Waals surface area contributed by atoms with E-state index < -0.39 is 0 Å². The summed E-state index contributed by atoms with van der Waals surface area (Å²) in [4.78, 5) is 4.20. The Morgan fingerprint density at radius 3 is 2.88 bits per heavy atom. The van der Waals surface area contributed by atoms with Crippen LogP contribution in [-0.4, -0.2) is 16.7 Å². The Hall–Kier alpha value is -1.26. The van der Waals surface area contributed by atoms with E-state index in [9.17, 15) is 9.50 Å². The van der Waals surface area contributed by atoms with Gasteiger partial charge in [0, 0.05) is 12.0 Å².